The summed E-state index contributed by atoms with van der Waals surface area (Å²) in [5.74, 6) is 0.859. The third kappa shape index (κ3) is 2.24. The molecular weight excluding hydrogens is 216 g/mol. The number of halogens is 1. The molecule has 0 aliphatic heterocycles. The van der Waals surface area contributed by atoms with Gasteiger partial charge in [0.1, 0.15) is 5.75 Å². The summed E-state index contributed by atoms with van der Waals surface area (Å²) in [7, 11) is 0. The van der Waals surface area contributed by atoms with Gasteiger partial charge in [0, 0.05) is 0 Å². The number of benzene rings is 1. The van der Waals surface area contributed by atoms with Crippen LogP contribution in [0.25, 0.3) is 0 Å². The molecule has 0 saturated heterocycles. The summed E-state index contributed by atoms with van der Waals surface area (Å²) in [6.45, 7) is 7.87. The maximum atomic E-state index is 5.54. The minimum atomic E-state index is 0.197. The molecule has 0 N–H and O–H groups in total. The van der Waals surface area contributed by atoms with Crippen LogP contribution in [-0.2, 0) is 0 Å². The Hall–Kier alpha value is -0.500. The van der Waals surface area contributed by atoms with Crippen molar-refractivity contribution in [2.45, 2.75) is 20.0 Å². The van der Waals surface area contributed by atoms with E-state index in [0.29, 0.717) is 0 Å². The highest BCUT2D eigenvalue weighted by Gasteiger charge is 2.04. The van der Waals surface area contributed by atoms with E-state index in [9.17, 15) is 0 Å². The fourth-order valence-electron chi connectivity index (χ4n) is 0.901. The first-order chi connectivity index (χ1) is 5.61. The van der Waals surface area contributed by atoms with Gasteiger partial charge in [-0.15, -0.1) is 0 Å². The fourth-order valence-corrected chi connectivity index (χ4v) is 1.26. The second-order valence-electron chi connectivity index (χ2n) is 2.90. The Labute approximate surface area is 81.9 Å². The molecule has 1 nitrogen and oxygen atoms in total. The van der Waals surface area contributed by atoms with Crippen molar-refractivity contribution in [1.82, 2.24) is 0 Å². The van der Waals surface area contributed by atoms with Crippen molar-refractivity contribution in [3.63, 3.8) is 0 Å². The van der Waals surface area contributed by atoms with Crippen molar-refractivity contribution >= 4 is 15.9 Å². The van der Waals surface area contributed by atoms with Gasteiger partial charge in [-0.2, -0.15) is 0 Å². The molecular formula is C10H12BrO. The van der Waals surface area contributed by atoms with Crippen LogP contribution in [0.5, 0.6) is 5.75 Å². The summed E-state index contributed by atoms with van der Waals surface area (Å²) >= 11 is 3.42. The van der Waals surface area contributed by atoms with Crippen LogP contribution in [0, 0.1) is 6.92 Å². The lowest BCUT2D eigenvalue weighted by Gasteiger charge is -2.12. The number of ether oxygens (including phenoxy) is 1. The molecule has 1 aromatic carbocycles. The van der Waals surface area contributed by atoms with E-state index in [-0.39, 0.29) is 6.10 Å². The molecule has 0 saturated carbocycles. The molecule has 0 atom stereocenters. The average Bonchev–Trinajstić information content (AvgIpc) is 1.98. The maximum Gasteiger partial charge on any atom is 0.134 e. The molecule has 0 spiro atoms. The fraction of sp³-hybridized carbons (Fsp3) is 0.300. The monoisotopic (exact) mass is 227 g/mol. The van der Waals surface area contributed by atoms with Crippen LogP contribution >= 0.6 is 15.9 Å². The van der Waals surface area contributed by atoms with Gasteiger partial charge in [0.15, 0.2) is 0 Å². The molecule has 0 bridgehead atoms. The molecule has 1 aromatic rings. The predicted molar refractivity (Wildman–Crippen MR) is 54.4 cm³/mol. The maximum absolute atomic E-state index is 5.54. The van der Waals surface area contributed by atoms with Gasteiger partial charge in [-0.1, -0.05) is 12.1 Å². The Balaban J connectivity index is 2.92. The van der Waals surface area contributed by atoms with Gasteiger partial charge in [-0.3, -0.25) is 0 Å². The lowest BCUT2D eigenvalue weighted by molar-refractivity contribution is 0.241. The summed E-state index contributed by atoms with van der Waals surface area (Å²) in [6, 6.07) is 5.81. The zero-order chi connectivity index (χ0) is 9.14. The lowest BCUT2D eigenvalue weighted by Crippen LogP contribution is -2.06. The van der Waals surface area contributed by atoms with Crippen LogP contribution in [-0.4, -0.2) is 6.10 Å². The molecule has 12 heavy (non-hydrogen) atoms. The number of rotatable bonds is 2. The number of hydrogen-bond acceptors (Lipinski definition) is 1. The minimum Gasteiger partial charge on any atom is -0.490 e. The average molecular weight is 228 g/mol. The summed E-state index contributed by atoms with van der Waals surface area (Å²) < 4.78 is 6.48. The van der Waals surface area contributed by atoms with Crippen molar-refractivity contribution < 1.29 is 4.74 Å². The van der Waals surface area contributed by atoms with Gasteiger partial charge in [0.05, 0.1) is 10.6 Å². The van der Waals surface area contributed by atoms with Crippen LogP contribution in [0.15, 0.2) is 22.7 Å². The summed E-state index contributed by atoms with van der Waals surface area (Å²) in [4.78, 5) is 0. The molecule has 0 fully saturated rings. The Kier molecular flexibility index (Phi) is 3.15. The van der Waals surface area contributed by atoms with Crippen molar-refractivity contribution in [3.8, 4) is 5.75 Å². The van der Waals surface area contributed by atoms with Crippen LogP contribution < -0.4 is 4.74 Å². The van der Waals surface area contributed by atoms with Gasteiger partial charge >= 0.3 is 0 Å². The summed E-state index contributed by atoms with van der Waals surface area (Å²) in [5, 5.41) is 0. The second kappa shape index (κ2) is 3.94. The first-order valence-electron chi connectivity index (χ1n) is 3.88. The van der Waals surface area contributed by atoms with Gasteiger partial charge in [-0.25, -0.2) is 0 Å². The van der Waals surface area contributed by atoms with E-state index in [4.69, 9.17) is 4.74 Å². The topological polar surface area (TPSA) is 9.23 Å². The highest BCUT2D eigenvalue weighted by Crippen LogP contribution is 2.28. The van der Waals surface area contributed by atoms with E-state index in [1.807, 2.05) is 32.0 Å². The Morgan fingerprint density at radius 1 is 1.42 bits per heavy atom. The van der Waals surface area contributed by atoms with Gasteiger partial charge < -0.3 is 4.74 Å². The largest absolute Gasteiger partial charge is 0.490 e. The van der Waals surface area contributed by atoms with Crippen LogP contribution in [0.2, 0.25) is 0 Å². The molecule has 0 aliphatic carbocycles. The molecule has 2 heteroatoms. The first kappa shape index (κ1) is 9.59. The van der Waals surface area contributed by atoms with Crippen molar-refractivity contribution in [1.29, 1.82) is 0 Å². The quantitative estimate of drug-likeness (QED) is 0.753. The van der Waals surface area contributed by atoms with Crippen LogP contribution in [0.1, 0.15) is 19.4 Å². The third-order valence-electron chi connectivity index (χ3n) is 1.41. The van der Waals surface area contributed by atoms with Gasteiger partial charge in [-0.05, 0) is 48.3 Å². The van der Waals surface area contributed by atoms with E-state index in [0.717, 1.165) is 15.8 Å². The Morgan fingerprint density at radius 3 is 2.67 bits per heavy atom. The molecule has 0 amide bonds. The standard InChI is InChI=1S/C10H12BrO/c1-7(2)12-9-6-4-5-8(3)10(9)11/h4-7H,3H2,1-2H3. The first-order valence-corrected chi connectivity index (χ1v) is 4.67. The molecule has 0 aromatic heterocycles. The Morgan fingerprint density at radius 2 is 2.08 bits per heavy atom. The Bertz CT molecular complexity index is 269. The molecule has 65 valence electrons. The minimum absolute atomic E-state index is 0.197. The smallest absolute Gasteiger partial charge is 0.134 e. The normalized spacial score (nSPS) is 10.4. The van der Waals surface area contributed by atoms with Crippen LogP contribution in [0.3, 0.4) is 0 Å². The van der Waals surface area contributed by atoms with Gasteiger partial charge in [0.25, 0.3) is 0 Å². The van der Waals surface area contributed by atoms with E-state index in [1.54, 1.807) is 0 Å². The van der Waals surface area contributed by atoms with E-state index in [2.05, 4.69) is 22.9 Å². The van der Waals surface area contributed by atoms with Crippen molar-refractivity contribution in [2.24, 2.45) is 0 Å². The molecule has 1 radical (unpaired) electrons. The highest BCUT2D eigenvalue weighted by atomic mass is 79.9. The van der Waals surface area contributed by atoms with Gasteiger partial charge in [0.2, 0.25) is 0 Å². The van der Waals surface area contributed by atoms with E-state index >= 15 is 0 Å². The molecule has 0 aliphatic rings. The van der Waals surface area contributed by atoms with Crippen molar-refractivity contribution in [2.75, 3.05) is 0 Å². The zero-order valence-electron chi connectivity index (χ0n) is 7.30. The molecule has 0 unspecified atom stereocenters. The third-order valence-corrected chi connectivity index (χ3v) is 2.31. The number of hydrogen-bond donors (Lipinski definition) is 0. The van der Waals surface area contributed by atoms with Crippen molar-refractivity contribution in [3.05, 3.63) is 35.2 Å². The van der Waals surface area contributed by atoms with Crippen LogP contribution in [0.4, 0.5) is 0 Å². The SMILES string of the molecule is [CH2]c1cccc(OC(C)C)c1Br. The second-order valence-corrected chi connectivity index (χ2v) is 3.69. The lowest BCUT2D eigenvalue weighted by atomic mass is 10.2. The predicted octanol–water partition coefficient (Wildman–Crippen LogP) is 3.42. The summed E-state index contributed by atoms with van der Waals surface area (Å²) in [6.07, 6.45) is 0.197. The zero-order valence-corrected chi connectivity index (χ0v) is 8.89. The van der Waals surface area contributed by atoms with E-state index in [1.165, 1.54) is 0 Å². The molecule has 1 rings (SSSR count). The van der Waals surface area contributed by atoms with E-state index < -0.39 is 0 Å². The molecule has 0 heterocycles. The summed E-state index contributed by atoms with van der Waals surface area (Å²) in [5.41, 5.74) is 0.952. The highest BCUT2D eigenvalue weighted by molar-refractivity contribution is 9.10.